The van der Waals surface area contributed by atoms with E-state index in [1.807, 2.05) is 17.0 Å². The molecule has 2 aromatic rings. The molecule has 0 aliphatic carbocycles. The van der Waals surface area contributed by atoms with Crippen molar-refractivity contribution in [3.63, 3.8) is 0 Å². The third kappa shape index (κ3) is 3.10. The van der Waals surface area contributed by atoms with E-state index in [0.717, 1.165) is 17.2 Å². The second kappa shape index (κ2) is 6.87. The average molecular weight is 359 g/mol. The van der Waals surface area contributed by atoms with Crippen LogP contribution in [0.2, 0.25) is 0 Å². The maximum absolute atomic E-state index is 11.4. The molecule has 1 aliphatic rings. The van der Waals surface area contributed by atoms with Crippen LogP contribution in [0.5, 0.6) is 11.5 Å². The molecule has 3 rings (SSSR count). The SMILES string of the molecule is COc1cc2c(cc1OC)CN(c1ccc([N+](=O)[O-])cc1[N+](=O)[O-])CC2. The van der Waals surface area contributed by atoms with Crippen molar-refractivity contribution in [3.8, 4) is 11.5 Å². The molecule has 0 saturated carbocycles. The number of hydrogen-bond acceptors (Lipinski definition) is 7. The molecule has 0 saturated heterocycles. The van der Waals surface area contributed by atoms with Crippen LogP contribution >= 0.6 is 0 Å². The van der Waals surface area contributed by atoms with E-state index in [1.54, 1.807) is 14.2 Å². The van der Waals surface area contributed by atoms with E-state index in [9.17, 15) is 20.2 Å². The van der Waals surface area contributed by atoms with Gasteiger partial charge in [-0.25, -0.2) is 0 Å². The molecule has 1 heterocycles. The first kappa shape index (κ1) is 17.5. The van der Waals surface area contributed by atoms with Crippen molar-refractivity contribution in [1.29, 1.82) is 0 Å². The third-order valence-corrected chi connectivity index (χ3v) is 4.43. The van der Waals surface area contributed by atoms with E-state index >= 15 is 0 Å². The zero-order chi connectivity index (χ0) is 18.8. The van der Waals surface area contributed by atoms with Gasteiger partial charge < -0.3 is 14.4 Å². The zero-order valence-corrected chi connectivity index (χ0v) is 14.3. The number of nitro groups is 2. The molecule has 1 aliphatic heterocycles. The van der Waals surface area contributed by atoms with Crippen molar-refractivity contribution >= 4 is 17.1 Å². The van der Waals surface area contributed by atoms with Crippen LogP contribution in [-0.2, 0) is 13.0 Å². The molecule has 136 valence electrons. The van der Waals surface area contributed by atoms with Gasteiger partial charge in [-0.3, -0.25) is 20.2 Å². The fourth-order valence-electron chi connectivity index (χ4n) is 3.13. The van der Waals surface area contributed by atoms with Crippen molar-refractivity contribution in [1.82, 2.24) is 0 Å². The summed E-state index contributed by atoms with van der Waals surface area (Å²) in [7, 11) is 3.12. The van der Waals surface area contributed by atoms with Gasteiger partial charge in [-0.15, -0.1) is 0 Å². The summed E-state index contributed by atoms with van der Waals surface area (Å²) in [6.45, 7) is 0.996. The monoisotopic (exact) mass is 359 g/mol. The van der Waals surface area contributed by atoms with Crippen molar-refractivity contribution in [2.75, 3.05) is 25.7 Å². The highest BCUT2D eigenvalue weighted by molar-refractivity contribution is 5.68. The van der Waals surface area contributed by atoms with Gasteiger partial charge in [-0.2, -0.15) is 0 Å². The highest BCUT2D eigenvalue weighted by Gasteiger charge is 2.27. The Hall–Kier alpha value is -3.36. The predicted molar refractivity (Wildman–Crippen MR) is 94.1 cm³/mol. The Morgan fingerprint density at radius 3 is 2.19 bits per heavy atom. The fourth-order valence-corrected chi connectivity index (χ4v) is 3.13. The van der Waals surface area contributed by atoms with Crippen molar-refractivity contribution in [3.05, 3.63) is 61.7 Å². The molecule has 0 unspecified atom stereocenters. The number of methoxy groups -OCH3 is 2. The molecular weight excluding hydrogens is 342 g/mol. The second-order valence-electron chi connectivity index (χ2n) is 5.83. The van der Waals surface area contributed by atoms with Crippen LogP contribution in [0.3, 0.4) is 0 Å². The smallest absolute Gasteiger partial charge is 0.299 e. The fraction of sp³-hybridized carbons (Fsp3) is 0.294. The molecule has 0 amide bonds. The Labute approximate surface area is 149 Å². The van der Waals surface area contributed by atoms with Crippen LogP contribution in [-0.4, -0.2) is 30.6 Å². The first-order valence-electron chi connectivity index (χ1n) is 7.86. The number of rotatable bonds is 5. The first-order valence-corrected chi connectivity index (χ1v) is 7.86. The topological polar surface area (TPSA) is 108 Å². The average Bonchev–Trinajstić information content (AvgIpc) is 2.65. The molecule has 0 spiro atoms. The summed E-state index contributed by atoms with van der Waals surface area (Å²) < 4.78 is 10.6. The van der Waals surface area contributed by atoms with Gasteiger partial charge >= 0.3 is 0 Å². The van der Waals surface area contributed by atoms with Crippen LogP contribution in [0.4, 0.5) is 17.1 Å². The lowest BCUT2D eigenvalue weighted by molar-refractivity contribution is -0.393. The van der Waals surface area contributed by atoms with Gasteiger partial charge in [-0.05, 0) is 35.7 Å². The standard InChI is InChI=1S/C17H17N3O6/c1-25-16-7-11-5-6-18(10-12(11)8-17(16)26-2)14-4-3-13(19(21)22)9-15(14)20(23)24/h3-4,7-9H,5-6,10H2,1-2H3. The molecule has 9 heteroatoms. The Balaban J connectivity index is 1.98. The van der Waals surface area contributed by atoms with Crippen LogP contribution in [0.25, 0.3) is 0 Å². The number of hydrogen-bond donors (Lipinski definition) is 0. The van der Waals surface area contributed by atoms with E-state index in [-0.39, 0.29) is 11.4 Å². The highest BCUT2D eigenvalue weighted by atomic mass is 16.6. The number of benzene rings is 2. The summed E-state index contributed by atoms with van der Waals surface area (Å²) in [6.07, 6.45) is 0.670. The van der Waals surface area contributed by atoms with Crippen molar-refractivity contribution in [2.45, 2.75) is 13.0 Å². The maximum Gasteiger partial charge on any atom is 0.299 e. The summed E-state index contributed by atoms with van der Waals surface area (Å²) in [5, 5.41) is 22.3. The Morgan fingerprint density at radius 1 is 0.962 bits per heavy atom. The van der Waals surface area contributed by atoms with Gasteiger partial charge in [0.1, 0.15) is 5.69 Å². The summed E-state index contributed by atoms with van der Waals surface area (Å²) in [4.78, 5) is 22.9. The zero-order valence-electron chi connectivity index (χ0n) is 14.3. The Bertz CT molecular complexity index is 883. The van der Waals surface area contributed by atoms with Gasteiger partial charge in [0.2, 0.25) is 0 Å². The van der Waals surface area contributed by atoms with Gasteiger partial charge in [0, 0.05) is 19.2 Å². The summed E-state index contributed by atoms with van der Waals surface area (Å²) in [6, 6.07) is 7.49. The second-order valence-corrected chi connectivity index (χ2v) is 5.83. The summed E-state index contributed by atoms with van der Waals surface area (Å²) >= 11 is 0. The molecule has 0 atom stereocenters. The Kier molecular flexibility index (Phi) is 4.61. The summed E-state index contributed by atoms with van der Waals surface area (Å²) in [5.74, 6) is 1.23. The molecule has 26 heavy (non-hydrogen) atoms. The van der Waals surface area contributed by atoms with Gasteiger partial charge in [0.15, 0.2) is 11.5 Å². The minimum absolute atomic E-state index is 0.275. The molecule has 0 N–H and O–H groups in total. The number of ether oxygens (including phenoxy) is 2. The largest absolute Gasteiger partial charge is 0.493 e. The molecule has 0 fully saturated rings. The van der Waals surface area contributed by atoms with E-state index in [1.165, 1.54) is 12.1 Å². The maximum atomic E-state index is 11.4. The molecule has 0 bridgehead atoms. The number of anilines is 1. The lowest BCUT2D eigenvalue weighted by Crippen LogP contribution is -2.31. The van der Waals surface area contributed by atoms with Crippen LogP contribution < -0.4 is 14.4 Å². The highest BCUT2D eigenvalue weighted by Crippen LogP contribution is 2.37. The number of non-ortho nitro benzene ring substituents is 1. The minimum Gasteiger partial charge on any atom is -0.493 e. The molecule has 9 nitrogen and oxygen atoms in total. The molecule has 0 aromatic heterocycles. The summed E-state index contributed by atoms with van der Waals surface area (Å²) in [5.41, 5.74) is 1.85. The van der Waals surface area contributed by atoms with Gasteiger partial charge in [0.05, 0.1) is 30.1 Å². The van der Waals surface area contributed by atoms with Crippen molar-refractivity contribution in [2.24, 2.45) is 0 Å². The van der Waals surface area contributed by atoms with Crippen LogP contribution in [0.15, 0.2) is 30.3 Å². The quantitative estimate of drug-likeness (QED) is 0.596. The van der Waals surface area contributed by atoms with E-state index < -0.39 is 9.85 Å². The molecule has 2 aromatic carbocycles. The normalized spacial score (nSPS) is 13.1. The molecule has 0 radical (unpaired) electrons. The van der Waals surface area contributed by atoms with E-state index in [2.05, 4.69) is 0 Å². The van der Waals surface area contributed by atoms with E-state index in [4.69, 9.17) is 9.47 Å². The number of fused-ring (bicyclic) bond motifs is 1. The lowest BCUT2D eigenvalue weighted by Gasteiger charge is -2.31. The van der Waals surface area contributed by atoms with Crippen molar-refractivity contribution < 1.29 is 19.3 Å². The Morgan fingerprint density at radius 2 is 1.62 bits per heavy atom. The predicted octanol–water partition coefficient (Wildman–Crippen LogP) is 3.08. The van der Waals surface area contributed by atoms with Crippen LogP contribution in [0, 0.1) is 20.2 Å². The first-order chi connectivity index (χ1) is 12.4. The van der Waals surface area contributed by atoms with Crippen LogP contribution in [0.1, 0.15) is 11.1 Å². The minimum atomic E-state index is -0.639. The van der Waals surface area contributed by atoms with Gasteiger partial charge in [0.25, 0.3) is 11.4 Å². The third-order valence-electron chi connectivity index (χ3n) is 4.43. The number of nitro benzene ring substituents is 2. The lowest BCUT2D eigenvalue weighted by atomic mass is 9.98. The van der Waals surface area contributed by atoms with E-state index in [0.29, 0.717) is 36.7 Å². The number of nitrogens with zero attached hydrogens (tertiary/aromatic N) is 3. The van der Waals surface area contributed by atoms with Gasteiger partial charge in [-0.1, -0.05) is 0 Å². The molecular formula is C17H17N3O6.